The second kappa shape index (κ2) is 7.54. The summed E-state index contributed by atoms with van der Waals surface area (Å²) in [7, 11) is 0. The third-order valence-electron chi connectivity index (χ3n) is 2.04. The minimum Gasteiger partial charge on any atom is -0.491 e. The maximum Gasteiger partial charge on any atom is 0.411 e. The maximum atomic E-state index is 11.8. The summed E-state index contributed by atoms with van der Waals surface area (Å²) < 4.78 is 44.9. The van der Waals surface area contributed by atoms with Crippen molar-refractivity contribution in [2.24, 2.45) is 0 Å². The Hall–Kier alpha value is -2.02. The molecule has 20 heavy (non-hydrogen) atoms. The number of rotatable bonds is 7. The quantitative estimate of drug-likeness (QED) is 0.619. The number of carboxylic acids is 1. The average molecular weight is 290 g/mol. The van der Waals surface area contributed by atoms with Crippen LogP contribution in [-0.2, 0) is 9.53 Å². The lowest BCUT2D eigenvalue weighted by atomic mass is 10.2. The molecule has 110 valence electrons. The second-order valence-electron chi connectivity index (χ2n) is 3.76. The molecular formula is C13H13F3O4. The number of benzene rings is 1. The van der Waals surface area contributed by atoms with Crippen molar-refractivity contribution in [1.82, 2.24) is 0 Å². The third-order valence-corrected chi connectivity index (χ3v) is 2.04. The number of ether oxygens (including phenoxy) is 2. The first-order chi connectivity index (χ1) is 9.37. The van der Waals surface area contributed by atoms with Gasteiger partial charge in [-0.2, -0.15) is 13.2 Å². The number of alkyl halides is 3. The topological polar surface area (TPSA) is 55.8 Å². The Labute approximate surface area is 113 Å². The van der Waals surface area contributed by atoms with Crippen LogP contribution in [0.5, 0.6) is 5.75 Å². The van der Waals surface area contributed by atoms with E-state index in [1.807, 2.05) is 0 Å². The number of aliphatic carboxylic acids is 1. The fraction of sp³-hybridized carbons (Fsp3) is 0.308. The molecule has 1 N–H and O–H groups in total. The SMILES string of the molecule is O=C(O)C=Cc1cccc(OCCOCC(F)(F)F)c1. The van der Waals surface area contributed by atoms with Crippen molar-refractivity contribution in [2.75, 3.05) is 19.8 Å². The Morgan fingerprint density at radius 1 is 1.30 bits per heavy atom. The molecule has 0 radical (unpaired) electrons. The van der Waals surface area contributed by atoms with Gasteiger partial charge in [0, 0.05) is 6.08 Å². The van der Waals surface area contributed by atoms with Crippen LogP contribution in [0.3, 0.4) is 0 Å². The molecule has 0 fully saturated rings. The average Bonchev–Trinajstić information content (AvgIpc) is 2.35. The molecule has 1 rings (SSSR count). The Morgan fingerprint density at radius 3 is 2.70 bits per heavy atom. The summed E-state index contributed by atoms with van der Waals surface area (Å²) in [6.07, 6.45) is -1.98. The minimum absolute atomic E-state index is 0.0256. The highest BCUT2D eigenvalue weighted by Crippen LogP contribution is 2.16. The number of carbonyl (C=O) groups is 1. The number of carboxylic acid groups (broad SMARTS) is 1. The van der Waals surface area contributed by atoms with Crippen LogP contribution in [0, 0.1) is 0 Å². The molecular weight excluding hydrogens is 277 g/mol. The third kappa shape index (κ3) is 7.42. The van der Waals surface area contributed by atoms with Gasteiger partial charge in [0.25, 0.3) is 0 Å². The Kier molecular flexibility index (Phi) is 6.05. The Bertz CT molecular complexity index is 469. The number of halogens is 3. The van der Waals surface area contributed by atoms with Crippen LogP contribution in [0.1, 0.15) is 5.56 Å². The molecule has 0 atom stereocenters. The molecule has 1 aromatic carbocycles. The van der Waals surface area contributed by atoms with Crippen LogP contribution in [0.2, 0.25) is 0 Å². The van der Waals surface area contributed by atoms with Gasteiger partial charge in [-0.1, -0.05) is 12.1 Å². The highest BCUT2D eigenvalue weighted by atomic mass is 19.4. The van der Waals surface area contributed by atoms with Crippen molar-refractivity contribution < 1.29 is 32.5 Å². The maximum absolute atomic E-state index is 11.8. The van der Waals surface area contributed by atoms with Gasteiger partial charge in [-0.15, -0.1) is 0 Å². The standard InChI is InChI=1S/C13H13F3O4/c14-13(15,16)9-19-6-7-20-11-3-1-2-10(8-11)4-5-12(17)18/h1-5,8H,6-7,9H2,(H,17,18). The minimum atomic E-state index is -4.35. The largest absolute Gasteiger partial charge is 0.491 e. The van der Waals surface area contributed by atoms with Crippen molar-refractivity contribution >= 4 is 12.0 Å². The Morgan fingerprint density at radius 2 is 2.05 bits per heavy atom. The van der Waals surface area contributed by atoms with E-state index in [2.05, 4.69) is 4.74 Å². The van der Waals surface area contributed by atoms with Gasteiger partial charge in [-0.25, -0.2) is 4.79 Å². The van der Waals surface area contributed by atoms with Gasteiger partial charge in [0.2, 0.25) is 0 Å². The zero-order valence-electron chi connectivity index (χ0n) is 10.4. The van der Waals surface area contributed by atoms with Gasteiger partial charge in [-0.3, -0.25) is 0 Å². The molecule has 4 nitrogen and oxygen atoms in total. The summed E-state index contributed by atoms with van der Waals surface area (Å²) >= 11 is 0. The summed E-state index contributed by atoms with van der Waals surface area (Å²) in [6, 6.07) is 6.50. The van der Waals surface area contributed by atoms with Crippen molar-refractivity contribution in [3.8, 4) is 5.75 Å². The van der Waals surface area contributed by atoms with E-state index >= 15 is 0 Å². The van der Waals surface area contributed by atoms with Gasteiger partial charge in [0.1, 0.15) is 19.0 Å². The van der Waals surface area contributed by atoms with E-state index in [0.29, 0.717) is 11.3 Å². The van der Waals surface area contributed by atoms with Crippen LogP contribution in [-0.4, -0.2) is 37.1 Å². The van der Waals surface area contributed by atoms with Gasteiger partial charge >= 0.3 is 12.1 Å². The molecule has 0 saturated carbocycles. The summed E-state index contributed by atoms with van der Waals surface area (Å²) in [5.74, 6) is -0.648. The highest BCUT2D eigenvalue weighted by molar-refractivity contribution is 5.85. The molecule has 0 amide bonds. The molecule has 0 unspecified atom stereocenters. The highest BCUT2D eigenvalue weighted by Gasteiger charge is 2.27. The summed E-state index contributed by atoms with van der Waals surface area (Å²) in [5, 5.41) is 8.48. The predicted molar refractivity (Wildman–Crippen MR) is 65.5 cm³/mol. The summed E-state index contributed by atoms with van der Waals surface area (Å²) in [5.41, 5.74) is 0.612. The lowest BCUT2D eigenvalue weighted by Gasteiger charge is -2.09. The zero-order valence-corrected chi connectivity index (χ0v) is 10.4. The van der Waals surface area contributed by atoms with Crippen LogP contribution < -0.4 is 4.74 Å². The van der Waals surface area contributed by atoms with Gasteiger partial charge in [0.05, 0.1) is 6.61 Å². The van der Waals surface area contributed by atoms with Crippen molar-refractivity contribution in [3.05, 3.63) is 35.9 Å². The van der Waals surface area contributed by atoms with Crippen LogP contribution in [0.25, 0.3) is 6.08 Å². The lowest BCUT2D eigenvalue weighted by Crippen LogP contribution is -2.19. The molecule has 0 aliphatic rings. The van der Waals surface area contributed by atoms with E-state index in [1.165, 1.54) is 6.08 Å². The van der Waals surface area contributed by atoms with E-state index in [-0.39, 0.29) is 13.2 Å². The molecule has 0 aliphatic carbocycles. The van der Waals surface area contributed by atoms with E-state index < -0.39 is 18.8 Å². The van der Waals surface area contributed by atoms with Gasteiger partial charge in [-0.05, 0) is 23.8 Å². The summed E-state index contributed by atoms with van der Waals surface area (Å²) in [6.45, 7) is -1.52. The molecule has 0 bridgehead atoms. The molecule has 0 heterocycles. The van der Waals surface area contributed by atoms with Gasteiger partial charge < -0.3 is 14.6 Å². The normalized spacial score (nSPS) is 11.8. The predicted octanol–water partition coefficient (Wildman–Crippen LogP) is 2.74. The van der Waals surface area contributed by atoms with Crippen LogP contribution in [0.15, 0.2) is 30.3 Å². The smallest absolute Gasteiger partial charge is 0.411 e. The zero-order chi connectivity index (χ0) is 15.0. The lowest BCUT2D eigenvalue weighted by molar-refractivity contribution is -0.175. The fourth-order valence-electron chi connectivity index (χ4n) is 1.28. The summed E-state index contributed by atoms with van der Waals surface area (Å²) in [4.78, 5) is 10.4. The monoisotopic (exact) mass is 290 g/mol. The van der Waals surface area contributed by atoms with E-state index in [1.54, 1.807) is 24.3 Å². The first kappa shape index (κ1) is 16.0. The second-order valence-corrected chi connectivity index (χ2v) is 3.76. The molecule has 0 spiro atoms. The van der Waals surface area contributed by atoms with Crippen molar-refractivity contribution in [1.29, 1.82) is 0 Å². The molecule has 1 aromatic rings. The van der Waals surface area contributed by atoms with E-state index in [4.69, 9.17) is 9.84 Å². The van der Waals surface area contributed by atoms with Gasteiger partial charge in [0.15, 0.2) is 0 Å². The molecule has 7 heteroatoms. The molecule has 0 aromatic heterocycles. The number of hydrogen-bond donors (Lipinski definition) is 1. The first-order valence-electron chi connectivity index (χ1n) is 5.65. The first-order valence-corrected chi connectivity index (χ1v) is 5.65. The van der Waals surface area contributed by atoms with Crippen molar-refractivity contribution in [3.63, 3.8) is 0 Å². The van der Waals surface area contributed by atoms with Crippen LogP contribution in [0.4, 0.5) is 13.2 Å². The van der Waals surface area contributed by atoms with E-state index in [9.17, 15) is 18.0 Å². The van der Waals surface area contributed by atoms with Crippen LogP contribution >= 0.6 is 0 Å². The molecule has 0 saturated heterocycles. The van der Waals surface area contributed by atoms with Crippen molar-refractivity contribution in [2.45, 2.75) is 6.18 Å². The fourth-order valence-corrected chi connectivity index (χ4v) is 1.28. The van der Waals surface area contributed by atoms with E-state index in [0.717, 1.165) is 6.08 Å². The Balaban J connectivity index is 2.37. The number of hydrogen-bond acceptors (Lipinski definition) is 3. The molecule has 0 aliphatic heterocycles.